The van der Waals surface area contributed by atoms with Crippen molar-refractivity contribution >= 4 is 22.8 Å². The molecule has 2 aromatic heterocycles. The van der Waals surface area contributed by atoms with Gasteiger partial charge in [0.15, 0.2) is 0 Å². The van der Waals surface area contributed by atoms with Gasteiger partial charge >= 0.3 is 11.1 Å². The summed E-state index contributed by atoms with van der Waals surface area (Å²) in [6, 6.07) is 20.4. The number of pyridine rings is 1. The second-order valence-corrected chi connectivity index (χ2v) is 8.75. The van der Waals surface area contributed by atoms with Gasteiger partial charge in [0.25, 0.3) is 5.91 Å². The Bertz CT molecular complexity index is 1520. The average Bonchev–Trinajstić information content (AvgIpc) is 2.94. The fourth-order valence-electron chi connectivity index (χ4n) is 4.64. The van der Waals surface area contributed by atoms with E-state index < -0.39 is 11.1 Å². The molecule has 4 aromatic rings. The van der Waals surface area contributed by atoms with E-state index in [0.29, 0.717) is 29.7 Å². The van der Waals surface area contributed by atoms with Crippen molar-refractivity contribution in [3.63, 3.8) is 0 Å². The van der Waals surface area contributed by atoms with Gasteiger partial charge in [-0.3, -0.25) is 23.5 Å². The predicted octanol–water partition coefficient (Wildman–Crippen LogP) is 2.75. The Hall–Kier alpha value is -4.46. The number of allylic oxidation sites excluding steroid dienone is 1. The van der Waals surface area contributed by atoms with Crippen LogP contribution in [0.4, 0.5) is 5.82 Å². The number of hydrogen-bond acceptors (Lipinski definition) is 5. The summed E-state index contributed by atoms with van der Waals surface area (Å²) in [6.45, 7) is 6.91. The molecule has 0 bridgehead atoms. The first kappa shape index (κ1) is 23.3. The Morgan fingerprint density at radius 2 is 1.47 bits per heavy atom. The first-order valence-electron chi connectivity index (χ1n) is 11.9. The zero-order valence-electron chi connectivity index (χ0n) is 19.9. The van der Waals surface area contributed by atoms with Crippen molar-refractivity contribution in [1.29, 1.82) is 0 Å². The first-order chi connectivity index (χ1) is 17.6. The highest BCUT2D eigenvalue weighted by Gasteiger charge is 2.23. The number of carbonyl (C=O) groups excluding carboxylic acids is 1. The summed E-state index contributed by atoms with van der Waals surface area (Å²) in [4.78, 5) is 47.2. The molecule has 2 aromatic carbocycles. The molecule has 0 radical (unpaired) electrons. The SMILES string of the molecule is C=CCn1c(=O)c(=O)n(Cc2ccc(C(=O)N3CCN(c4ccccn4)CC3)cc2)c2ccccc21. The predicted molar refractivity (Wildman–Crippen MR) is 141 cm³/mol. The number of benzene rings is 2. The van der Waals surface area contributed by atoms with Crippen LogP contribution in [0, 0.1) is 0 Å². The van der Waals surface area contributed by atoms with Crippen molar-refractivity contribution in [3.05, 3.63) is 117 Å². The van der Waals surface area contributed by atoms with Crippen molar-refractivity contribution in [2.24, 2.45) is 0 Å². The molecule has 0 aliphatic carbocycles. The van der Waals surface area contributed by atoms with E-state index in [2.05, 4.69) is 16.5 Å². The molecular formula is C28H27N5O3. The number of aromatic nitrogens is 3. The van der Waals surface area contributed by atoms with E-state index in [4.69, 9.17) is 0 Å². The molecular weight excluding hydrogens is 454 g/mol. The summed E-state index contributed by atoms with van der Waals surface area (Å²) in [7, 11) is 0. The topological polar surface area (TPSA) is 80.4 Å². The van der Waals surface area contributed by atoms with E-state index in [9.17, 15) is 14.4 Å². The minimum Gasteiger partial charge on any atom is -0.353 e. The fourth-order valence-corrected chi connectivity index (χ4v) is 4.64. The van der Waals surface area contributed by atoms with E-state index in [-0.39, 0.29) is 19.0 Å². The zero-order valence-corrected chi connectivity index (χ0v) is 19.9. The molecule has 0 N–H and O–H groups in total. The van der Waals surface area contributed by atoms with Crippen molar-refractivity contribution in [2.45, 2.75) is 13.1 Å². The maximum absolute atomic E-state index is 13.1. The lowest BCUT2D eigenvalue weighted by Crippen LogP contribution is -2.49. The molecule has 3 heterocycles. The lowest BCUT2D eigenvalue weighted by molar-refractivity contribution is 0.0746. The third-order valence-corrected chi connectivity index (χ3v) is 6.53. The molecule has 36 heavy (non-hydrogen) atoms. The van der Waals surface area contributed by atoms with Gasteiger partial charge in [-0.2, -0.15) is 0 Å². The number of anilines is 1. The van der Waals surface area contributed by atoms with Gasteiger partial charge in [0.2, 0.25) is 0 Å². The molecule has 1 saturated heterocycles. The van der Waals surface area contributed by atoms with E-state index in [0.717, 1.165) is 24.5 Å². The van der Waals surface area contributed by atoms with E-state index >= 15 is 0 Å². The normalized spacial score (nSPS) is 13.7. The van der Waals surface area contributed by atoms with Crippen LogP contribution in [-0.4, -0.2) is 51.1 Å². The number of rotatable bonds is 6. The molecule has 1 fully saturated rings. The van der Waals surface area contributed by atoms with Gasteiger partial charge in [-0.1, -0.05) is 36.4 Å². The van der Waals surface area contributed by atoms with Gasteiger partial charge in [0.1, 0.15) is 5.82 Å². The van der Waals surface area contributed by atoms with Crippen LogP contribution in [0.5, 0.6) is 0 Å². The maximum Gasteiger partial charge on any atom is 0.317 e. The molecule has 8 nitrogen and oxygen atoms in total. The highest BCUT2D eigenvalue weighted by molar-refractivity contribution is 5.94. The number of hydrogen-bond donors (Lipinski definition) is 0. The molecule has 182 valence electrons. The Morgan fingerprint density at radius 1 is 0.833 bits per heavy atom. The summed E-state index contributed by atoms with van der Waals surface area (Å²) < 4.78 is 2.93. The van der Waals surface area contributed by atoms with Crippen LogP contribution in [-0.2, 0) is 13.1 Å². The molecule has 0 saturated carbocycles. The fraction of sp³-hybridized carbons (Fsp3) is 0.214. The zero-order chi connectivity index (χ0) is 25.1. The maximum atomic E-state index is 13.1. The summed E-state index contributed by atoms with van der Waals surface area (Å²) in [6.07, 6.45) is 3.38. The monoisotopic (exact) mass is 481 g/mol. The van der Waals surface area contributed by atoms with Crippen LogP contribution in [0.15, 0.2) is 95.2 Å². The standard InChI is InChI=1S/C28H27N5O3/c1-2-15-32-23-7-3-4-8-24(23)33(28(36)27(32)35)20-21-10-12-22(13-11-21)26(34)31-18-16-30(17-19-31)25-9-5-6-14-29-25/h2-14H,1,15-20H2. The molecule has 0 spiro atoms. The number of amides is 1. The number of para-hydroxylation sites is 2. The summed E-state index contributed by atoms with van der Waals surface area (Å²) in [5.41, 5.74) is 1.63. The highest BCUT2D eigenvalue weighted by Crippen LogP contribution is 2.16. The second-order valence-electron chi connectivity index (χ2n) is 8.75. The number of carbonyl (C=O) groups is 1. The van der Waals surface area contributed by atoms with Crippen LogP contribution >= 0.6 is 0 Å². The second kappa shape index (κ2) is 10.0. The van der Waals surface area contributed by atoms with Crippen LogP contribution in [0.3, 0.4) is 0 Å². The number of piperazine rings is 1. The molecule has 8 heteroatoms. The van der Waals surface area contributed by atoms with E-state index in [1.165, 1.54) is 9.13 Å². The van der Waals surface area contributed by atoms with Crippen molar-refractivity contribution in [1.82, 2.24) is 19.0 Å². The van der Waals surface area contributed by atoms with E-state index in [1.807, 2.05) is 59.5 Å². The lowest BCUT2D eigenvalue weighted by atomic mass is 10.1. The molecule has 5 rings (SSSR count). The smallest absolute Gasteiger partial charge is 0.317 e. The first-order valence-corrected chi connectivity index (χ1v) is 11.9. The Kier molecular flexibility index (Phi) is 6.49. The number of nitrogens with zero attached hydrogens (tertiary/aromatic N) is 5. The van der Waals surface area contributed by atoms with Gasteiger partial charge in [-0.25, -0.2) is 4.98 Å². The Morgan fingerprint density at radius 3 is 2.11 bits per heavy atom. The summed E-state index contributed by atoms with van der Waals surface area (Å²) in [5.74, 6) is 0.908. The van der Waals surface area contributed by atoms with Gasteiger partial charge in [-0.15, -0.1) is 6.58 Å². The summed E-state index contributed by atoms with van der Waals surface area (Å²) >= 11 is 0. The summed E-state index contributed by atoms with van der Waals surface area (Å²) in [5, 5.41) is 0. The third-order valence-electron chi connectivity index (χ3n) is 6.53. The van der Waals surface area contributed by atoms with Crippen LogP contribution < -0.4 is 16.0 Å². The number of fused-ring (bicyclic) bond motifs is 1. The van der Waals surface area contributed by atoms with Gasteiger partial charge in [-0.05, 0) is 42.0 Å². The van der Waals surface area contributed by atoms with Crippen LogP contribution in [0.2, 0.25) is 0 Å². The quantitative estimate of drug-likeness (QED) is 0.313. The van der Waals surface area contributed by atoms with Gasteiger partial charge in [0, 0.05) is 44.5 Å². The lowest BCUT2D eigenvalue weighted by Gasteiger charge is -2.35. The minimum atomic E-state index is -0.582. The minimum absolute atomic E-state index is 0.0168. The Labute approximate surface area is 208 Å². The van der Waals surface area contributed by atoms with Crippen LogP contribution in [0.25, 0.3) is 11.0 Å². The molecule has 1 amide bonds. The van der Waals surface area contributed by atoms with Crippen LogP contribution in [0.1, 0.15) is 15.9 Å². The molecule has 1 aliphatic rings. The Balaban J connectivity index is 1.32. The van der Waals surface area contributed by atoms with Crippen molar-refractivity contribution in [2.75, 3.05) is 31.1 Å². The molecule has 0 unspecified atom stereocenters. The average molecular weight is 482 g/mol. The van der Waals surface area contributed by atoms with Crippen molar-refractivity contribution in [3.8, 4) is 0 Å². The van der Waals surface area contributed by atoms with Gasteiger partial charge in [0.05, 0.1) is 17.6 Å². The highest BCUT2D eigenvalue weighted by atomic mass is 16.2. The largest absolute Gasteiger partial charge is 0.353 e. The third kappa shape index (κ3) is 4.45. The van der Waals surface area contributed by atoms with E-state index in [1.54, 1.807) is 24.4 Å². The molecule has 0 atom stereocenters. The van der Waals surface area contributed by atoms with Crippen molar-refractivity contribution < 1.29 is 4.79 Å². The molecule has 1 aliphatic heterocycles. The van der Waals surface area contributed by atoms with Gasteiger partial charge < -0.3 is 9.80 Å².